The number of amides is 2. The third-order valence-corrected chi connectivity index (χ3v) is 6.12. The lowest BCUT2D eigenvalue weighted by Gasteiger charge is -2.26. The van der Waals surface area contributed by atoms with E-state index in [1.54, 1.807) is 13.0 Å². The lowest BCUT2D eigenvalue weighted by atomic mass is 9.95. The zero-order valence-electron chi connectivity index (χ0n) is 16.1. The molecule has 0 spiro atoms. The van der Waals surface area contributed by atoms with Gasteiger partial charge >= 0.3 is 5.97 Å². The van der Waals surface area contributed by atoms with Crippen molar-refractivity contribution in [3.8, 4) is 0 Å². The first-order valence-corrected chi connectivity index (χ1v) is 10.3. The summed E-state index contributed by atoms with van der Waals surface area (Å²) >= 11 is 0.878. The highest BCUT2D eigenvalue weighted by Crippen LogP contribution is 2.36. The molecule has 146 valence electrons. The molecule has 0 unspecified atom stereocenters. The number of ether oxygens (including phenoxy) is 1. The normalized spacial score (nSPS) is 20.0. The largest absolute Gasteiger partial charge is 0.465 e. The summed E-state index contributed by atoms with van der Waals surface area (Å²) in [6.07, 6.45) is 7.96. The zero-order chi connectivity index (χ0) is 19.6. The van der Waals surface area contributed by atoms with E-state index >= 15 is 0 Å². The Kier molecular flexibility index (Phi) is 6.09. The molecule has 2 heterocycles. The number of thioether (sulfide) groups is 1. The van der Waals surface area contributed by atoms with Crippen molar-refractivity contribution >= 4 is 35.0 Å². The first kappa shape index (κ1) is 19.7. The highest BCUT2D eigenvalue weighted by molar-refractivity contribution is 8.18. The highest BCUT2D eigenvalue weighted by Gasteiger charge is 2.37. The van der Waals surface area contributed by atoms with Crippen LogP contribution in [-0.4, -0.2) is 39.7 Å². The van der Waals surface area contributed by atoms with Gasteiger partial charge in [-0.2, -0.15) is 0 Å². The van der Waals surface area contributed by atoms with Crippen molar-refractivity contribution in [3.05, 3.63) is 27.9 Å². The number of aromatic nitrogens is 1. The van der Waals surface area contributed by atoms with E-state index in [1.807, 2.05) is 0 Å². The van der Waals surface area contributed by atoms with Crippen molar-refractivity contribution in [2.45, 2.75) is 58.9 Å². The van der Waals surface area contributed by atoms with E-state index in [0.717, 1.165) is 27.9 Å². The lowest BCUT2D eigenvalue weighted by molar-refractivity contribution is -0.145. The molecule has 1 aliphatic heterocycles. The summed E-state index contributed by atoms with van der Waals surface area (Å²) in [5, 5.41) is -0.430. The van der Waals surface area contributed by atoms with Crippen LogP contribution >= 0.6 is 11.8 Å². The summed E-state index contributed by atoms with van der Waals surface area (Å²) in [6.45, 7) is 5.73. The quantitative estimate of drug-likeness (QED) is 0.556. The molecule has 0 radical (unpaired) electrons. The first-order chi connectivity index (χ1) is 12.9. The molecular formula is C20H26N2O4S. The van der Waals surface area contributed by atoms with Crippen LogP contribution in [0.2, 0.25) is 0 Å². The zero-order valence-corrected chi connectivity index (χ0v) is 16.9. The maximum atomic E-state index is 12.6. The van der Waals surface area contributed by atoms with Crippen molar-refractivity contribution < 1.29 is 19.1 Å². The summed E-state index contributed by atoms with van der Waals surface area (Å²) in [5.41, 5.74) is 3.26. The van der Waals surface area contributed by atoms with E-state index in [-0.39, 0.29) is 13.2 Å². The standard InChI is InChI=1S/C20H26N2O4S/c1-4-26-18(23)12-21-19(24)17(27-20(21)25)11-15-10-13(2)22(14(15)3)16-8-6-5-7-9-16/h10-11,16H,4-9,12H2,1-3H3/b17-11-. The Balaban J connectivity index is 1.81. The van der Waals surface area contributed by atoms with Crippen LogP contribution in [0.5, 0.6) is 0 Å². The molecule has 0 atom stereocenters. The van der Waals surface area contributed by atoms with E-state index in [0.29, 0.717) is 10.9 Å². The van der Waals surface area contributed by atoms with Gasteiger partial charge in [0.1, 0.15) is 6.54 Å². The Hall–Kier alpha value is -2.02. The fourth-order valence-corrected chi connectivity index (χ4v) is 4.79. The molecule has 1 saturated carbocycles. The third kappa shape index (κ3) is 4.13. The average molecular weight is 391 g/mol. The first-order valence-electron chi connectivity index (χ1n) is 9.51. The summed E-state index contributed by atoms with van der Waals surface area (Å²) < 4.78 is 7.21. The number of carbonyl (C=O) groups excluding carboxylic acids is 3. The Bertz CT molecular complexity index is 790. The monoisotopic (exact) mass is 390 g/mol. The van der Waals surface area contributed by atoms with Crippen LogP contribution in [0, 0.1) is 13.8 Å². The van der Waals surface area contributed by atoms with E-state index in [1.165, 1.54) is 37.8 Å². The summed E-state index contributed by atoms with van der Waals surface area (Å²) in [4.78, 5) is 37.6. The second kappa shape index (κ2) is 8.33. The molecule has 1 aromatic rings. The number of aryl methyl sites for hydroxylation is 1. The molecule has 2 amide bonds. The smallest absolute Gasteiger partial charge is 0.326 e. The van der Waals surface area contributed by atoms with Crippen molar-refractivity contribution in [3.63, 3.8) is 0 Å². The molecule has 2 fully saturated rings. The predicted molar refractivity (Wildman–Crippen MR) is 105 cm³/mol. The van der Waals surface area contributed by atoms with Crippen molar-refractivity contribution in [2.75, 3.05) is 13.2 Å². The van der Waals surface area contributed by atoms with Crippen LogP contribution in [0.25, 0.3) is 6.08 Å². The number of rotatable bonds is 5. The van der Waals surface area contributed by atoms with Crippen molar-refractivity contribution in [1.29, 1.82) is 0 Å². The van der Waals surface area contributed by atoms with Crippen LogP contribution in [-0.2, 0) is 14.3 Å². The van der Waals surface area contributed by atoms with Gasteiger partial charge in [0.25, 0.3) is 11.1 Å². The molecule has 0 aromatic carbocycles. The fraction of sp³-hybridized carbons (Fsp3) is 0.550. The molecule has 1 aromatic heterocycles. The number of esters is 1. The minimum atomic E-state index is -0.573. The van der Waals surface area contributed by atoms with E-state index in [4.69, 9.17) is 4.74 Å². The van der Waals surface area contributed by atoms with Gasteiger partial charge in [-0.05, 0) is 63.1 Å². The number of imide groups is 1. The molecule has 1 saturated heterocycles. The van der Waals surface area contributed by atoms with Gasteiger partial charge < -0.3 is 9.30 Å². The second-order valence-corrected chi connectivity index (χ2v) is 8.05. The maximum absolute atomic E-state index is 12.6. The van der Waals surface area contributed by atoms with E-state index in [9.17, 15) is 14.4 Å². The van der Waals surface area contributed by atoms with E-state index in [2.05, 4.69) is 24.5 Å². The summed E-state index contributed by atoms with van der Waals surface area (Å²) in [6, 6.07) is 2.59. The SMILES string of the molecule is CCOC(=O)CN1C(=O)S/C(=C\c2cc(C)n(C3CCCCC3)c2C)C1=O. The van der Waals surface area contributed by atoms with Crippen LogP contribution in [0.3, 0.4) is 0 Å². The second-order valence-electron chi connectivity index (χ2n) is 7.06. The Labute approximate surface area is 163 Å². The minimum absolute atomic E-state index is 0.220. The fourth-order valence-electron chi connectivity index (χ4n) is 3.96. The van der Waals surface area contributed by atoms with Crippen molar-refractivity contribution in [2.24, 2.45) is 0 Å². The number of carbonyl (C=O) groups is 3. The van der Waals surface area contributed by atoms with E-state index < -0.39 is 17.1 Å². The molecule has 2 aliphatic rings. The topological polar surface area (TPSA) is 68.6 Å². The van der Waals surface area contributed by atoms with Gasteiger partial charge in [-0.1, -0.05) is 19.3 Å². The van der Waals surface area contributed by atoms with Gasteiger partial charge in [-0.3, -0.25) is 19.3 Å². The van der Waals surface area contributed by atoms with Gasteiger partial charge in [0.15, 0.2) is 0 Å². The van der Waals surface area contributed by atoms with Crippen LogP contribution in [0.15, 0.2) is 11.0 Å². The van der Waals surface area contributed by atoms with Crippen LogP contribution in [0.4, 0.5) is 4.79 Å². The van der Waals surface area contributed by atoms with Gasteiger partial charge in [0.2, 0.25) is 0 Å². The lowest BCUT2D eigenvalue weighted by Crippen LogP contribution is -2.34. The Morgan fingerprint density at radius 3 is 2.63 bits per heavy atom. The number of hydrogen-bond donors (Lipinski definition) is 0. The number of hydrogen-bond acceptors (Lipinski definition) is 5. The average Bonchev–Trinajstić information content (AvgIpc) is 3.06. The minimum Gasteiger partial charge on any atom is -0.465 e. The third-order valence-electron chi connectivity index (χ3n) is 5.22. The summed E-state index contributed by atoms with van der Waals surface area (Å²) in [5.74, 6) is -1.00. The molecule has 7 heteroatoms. The van der Waals surface area contributed by atoms with Gasteiger partial charge in [-0.25, -0.2) is 0 Å². The molecular weight excluding hydrogens is 364 g/mol. The Morgan fingerprint density at radius 2 is 1.96 bits per heavy atom. The van der Waals surface area contributed by atoms with Crippen LogP contribution < -0.4 is 0 Å². The molecule has 0 bridgehead atoms. The molecule has 6 nitrogen and oxygen atoms in total. The van der Waals surface area contributed by atoms with Crippen LogP contribution in [0.1, 0.15) is 62.0 Å². The highest BCUT2D eigenvalue weighted by atomic mass is 32.2. The number of nitrogens with zero attached hydrogens (tertiary/aromatic N) is 2. The molecule has 1 aliphatic carbocycles. The molecule has 27 heavy (non-hydrogen) atoms. The van der Waals surface area contributed by atoms with Crippen molar-refractivity contribution in [1.82, 2.24) is 9.47 Å². The predicted octanol–water partition coefficient (Wildman–Crippen LogP) is 4.21. The van der Waals surface area contributed by atoms with Gasteiger partial charge in [0, 0.05) is 17.4 Å². The Morgan fingerprint density at radius 1 is 1.26 bits per heavy atom. The maximum Gasteiger partial charge on any atom is 0.326 e. The van der Waals surface area contributed by atoms with Gasteiger partial charge in [-0.15, -0.1) is 0 Å². The summed E-state index contributed by atoms with van der Waals surface area (Å²) in [7, 11) is 0. The van der Waals surface area contributed by atoms with Gasteiger partial charge in [0.05, 0.1) is 11.5 Å². The molecule has 3 rings (SSSR count). The molecule has 0 N–H and O–H groups in total.